The Balaban J connectivity index is 1.25. The maximum atomic E-state index is 14.4. The van der Waals surface area contributed by atoms with Crippen LogP contribution in [0.1, 0.15) is 89.7 Å². The monoisotopic (exact) mass is 795 g/mol. The number of hydrogen-bond donors (Lipinski definition) is 3. The zero-order valence-electron chi connectivity index (χ0n) is 30.1. The molecule has 0 spiro atoms. The Morgan fingerprint density at radius 1 is 1.02 bits per heavy atom. The van der Waals surface area contributed by atoms with Gasteiger partial charge in [-0.3, -0.25) is 19.1 Å². The SMILES string of the molecule is CC(C)(C)OC(=O)N[C@H]1CCCCCC=C[C@@H]2C[C@@]2(C(=O)NS(=O)(=O)C2CC2)NC(=O)[C@@H]2C[C@@H](OC(=O)N3CCc4c(Cl)ccc(Cl)c4C3)CN2C1=O. The van der Waals surface area contributed by atoms with E-state index in [1.807, 2.05) is 12.2 Å². The Morgan fingerprint density at radius 2 is 1.74 bits per heavy atom. The van der Waals surface area contributed by atoms with Crippen LogP contribution in [0.25, 0.3) is 0 Å². The van der Waals surface area contributed by atoms with Crippen LogP contribution in [0, 0.1) is 5.92 Å². The van der Waals surface area contributed by atoms with Crippen molar-refractivity contribution in [1.82, 2.24) is 25.2 Å². The molecule has 1 saturated heterocycles. The second-order valence-corrected chi connectivity index (χ2v) is 18.4. The number of sulfonamides is 1. The van der Waals surface area contributed by atoms with E-state index in [0.717, 1.165) is 18.4 Å². The molecule has 3 N–H and O–H groups in total. The number of hydrogen-bond acceptors (Lipinski definition) is 9. The lowest BCUT2D eigenvalue weighted by molar-refractivity contribution is -0.141. The van der Waals surface area contributed by atoms with E-state index in [-0.39, 0.29) is 32.4 Å². The largest absolute Gasteiger partial charge is 0.444 e. The first kappa shape index (κ1) is 39.1. The molecular formula is C36H47Cl2N5O9S. The summed E-state index contributed by atoms with van der Waals surface area (Å²) in [5, 5.41) is 5.87. The molecule has 3 fully saturated rings. The van der Waals surface area contributed by atoms with Crippen LogP contribution in [0.2, 0.25) is 10.0 Å². The van der Waals surface area contributed by atoms with Crippen molar-refractivity contribution in [2.24, 2.45) is 5.92 Å². The third-order valence-corrected chi connectivity index (χ3v) is 12.9. The zero-order valence-corrected chi connectivity index (χ0v) is 32.4. The van der Waals surface area contributed by atoms with E-state index in [0.29, 0.717) is 54.3 Å². The minimum absolute atomic E-state index is 0.0991. The number of alkyl carbamates (subject to hydrolysis) is 1. The Labute approximate surface area is 319 Å². The van der Waals surface area contributed by atoms with Crippen molar-refractivity contribution in [3.8, 4) is 0 Å². The number of fused-ring (bicyclic) bond motifs is 3. The van der Waals surface area contributed by atoms with Crippen molar-refractivity contribution in [1.29, 1.82) is 0 Å². The van der Waals surface area contributed by atoms with Crippen LogP contribution in [0.3, 0.4) is 0 Å². The Kier molecular flexibility index (Phi) is 11.3. The van der Waals surface area contributed by atoms with Crippen molar-refractivity contribution in [3.05, 3.63) is 45.5 Å². The van der Waals surface area contributed by atoms with Crippen LogP contribution in [0.4, 0.5) is 9.59 Å². The van der Waals surface area contributed by atoms with Crippen molar-refractivity contribution in [2.75, 3.05) is 13.1 Å². The summed E-state index contributed by atoms with van der Waals surface area (Å²) in [6.45, 7) is 5.41. The Bertz CT molecular complexity index is 1800. The smallest absolute Gasteiger partial charge is 0.410 e. The number of ether oxygens (including phenoxy) is 2. The van der Waals surface area contributed by atoms with Crippen LogP contribution in [-0.4, -0.2) is 95.8 Å². The molecule has 6 rings (SSSR count). The highest BCUT2D eigenvalue weighted by Gasteiger charge is 2.62. The van der Waals surface area contributed by atoms with Crippen LogP contribution in [0.5, 0.6) is 0 Å². The predicted octanol–water partition coefficient (Wildman–Crippen LogP) is 4.35. The molecule has 0 unspecified atom stereocenters. The van der Waals surface area contributed by atoms with Gasteiger partial charge in [0.1, 0.15) is 29.3 Å². The summed E-state index contributed by atoms with van der Waals surface area (Å²) in [5.41, 5.74) is -0.805. The lowest BCUT2D eigenvalue weighted by Crippen LogP contribution is -2.58. The van der Waals surface area contributed by atoms with E-state index in [4.69, 9.17) is 32.7 Å². The molecule has 14 nitrogen and oxygen atoms in total. The fourth-order valence-electron chi connectivity index (χ4n) is 7.26. The van der Waals surface area contributed by atoms with E-state index in [1.165, 1.54) is 9.80 Å². The molecule has 1 aromatic rings. The number of allylic oxidation sites excluding steroid dienone is 1. The molecular weight excluding hydrogens is 749 g/mol. The number of benzene rings is 1. The van der Waals surface area contributed by atoms with Crippen LogP contribution in [0.15, 0.2) is 24.3 Å². The number of rotatable bonds is 5. The van der Waals surface area contributed by atoms with Crippen molar-refractivity contribution < 1.29 is 41.9 Å². The number of halogens is 2. The van der Waals surface area contributed by atoms with Gasteiger partial charge in [0.25, 0.3) is 5.91 Å². The first-order valence-electron chi connectivity index (χ1n) is 18.2. The standard InChI is InChI=1S/C36H47Cl2N5O9S/c1-35(2,3)52-33(47)39-28-10-8-6-4-5-7-9-21-18-36(21,32(46)41-53(49,50)23-11-12-23)40-30(44)29-17-22(19-43(29)31(28)45)51-34(48)42-16-15-24-25(20-42)27(38)14-13-26(24)37/h7,9,13-14,21-23,28-29H,4-6,8,10-12,15-20H2,1-3H3,(H,39,47)(H,40,44)(H,41,46)/t21-,22-,28+,29+,36-/m1/s1. The highest BCUT2D eigenvalue weighted by molar-refractivity contribution is 7.91. The summed E-state index contributed by atoms with van der Waals surface area (Å²) in [5.74, 6) is -2.57. The highest BCUT2D eigenvalue weighted by atomic mass is 35.5. The lowest BCUT2D eigenvalue weighted by Gasteiger charge is -2.31. The number of carbonyl (C=O) groups is 5. The molecule has 5 aliphatic rings. The van der Waals surface area contributed by atoms with Gasteiger partial charge in [0, 0.05) is 28.9 Å². The average molecular weight is 797 g/mol. The maximum absolute atomic E-state index is 14.4. The van der Waals surface area contributed by atoms with E-state index >= 15 is 0 Å². The minimum Gasteiger partial charge on any atom is -0.444 e. The lowest BCUT2D eigenvalue weighted by atomic mass is 10.00. The third kappa shape index (κ3) is 9.05. The van der Waals surface area contributed by atoms with Gasteiger partial charge in [-0.1, -0.05) is 48.2 Å². The Morgan fingerprint density at radius 3 is 2.43 bits per heavy atom. The van der Waals surface area contributed by atoms with Gasteiger partial charge < -0.3 is 29.9 Å². The van der Waals surface area contributed by atoms with Crippen LogP contribution in [-0.2, 0) is 46.8 Å². The number of amides is 5. The topological polar surface area (TPSA) is 181 Å². The van der Waals surface area contributed by atoms with Gasteiger partial charge in [0.2, 0.25) is 21.8 Å². The highest BCUT2D eigenvalue weighted by Crippen LogP contribution is 2.46. The second kappa shape index (κ2) is 15.3. The summed E-state index contributed by atoms with van der Waals surface area (Å²) in [6.07, 6.45) is 5.82. The molecule has 0 bridgehead atoms. The van der Waals surface area contributed by atoms with Crippen molar-refractivity contribution in [3.63, 3.8) is 0 Å². The molecule has 290 valence electrons. The number of nitrogens with zero attached hydrogens (tertiary/aromatic N) is 2. The third-order valence-electron chi connectivity index (χ3n) is 10.4. The maximum Gasteiger partial charge on any atom is 0.410 e. The summed E-state index contributed by atoms with van der Waals surface area (Å²) < 4.78 is 39.1. The molecule has 53 heavy (non-hydrogen) atoms. The first-order chi connectivity index (χ1) is 25.0. The Hall–Kier alpha value is -3.56. The van der Waals surface area contributed by atoms with E-state index in [9.17, 15) is 32.4 Å². The van der Waals surface area contributed by atoms with Gasteiger partial charge in [0.05, 0.1) is 18.3 Å². The first-order valence-corrected chi connectivity index (χ1v) is 20.5. The fourth-order valence-corrected chi connectivity index (χ4v) is 9.14. The minimum atomic E-state index is -3.91. The summed E-state index contributed by atoms with van der Waals surface area (Å²) >= 11 is 12.8. The molecule has 5 amide bonds. The molecule has 5 atom stereocenters. The number of carbonyl (C=O) groups excluding carboxylic acids is 5. The van der Waals surface area contributed by atoms with Gasteiger partial charge in [0.15, 0.2) is 0 Å². The number of nitrogens with one attached hydrogen (secondary N) is 3. The van der Waals surface area contributed by atoms with E-state index < -0.39 is 80.4 Å². The zero-order chi connectivity index (χ0) is 38.3. The molecule has 3 heterocycles. The van der Waals surface area contributed by atoms with E-state index in [1.54, 1.807) is 32.9 Å². The van der Waals surface area contributed by atoms with Gasteiger partial charge in [-0.2, -0.15) is 0 Å². The molecule has 0 aromatic heterocycles. The van der Waals surface area contributed by atoms with Crippen LogP contribution >= 0.6 is 23.2 Å². The van der Waals surface area contributed by atoms with E-state index in [2.05, 4.69) is 15.4 Å². The van der Waals surface area contributed by atoms with Crippen LogP contribution < -0.4 is 15.4 Å². The van der Waals surface area contributed by atoms with Gasteiger partial charge in [-0.15, -0.1) is 0 Å². The van der Waals surface area contributed by atoms with Crippen molar-refractivity contribution in [2.45, 2.75) is 126 Å². The molecule has 17 heteroatoms. The summed E-state index contributed by atoms with van der Waals surface area (Å²) in [4.78, 5) is 71.5. The van der Waals surface area contributed by atoms with Crippen molar-refractivity contribution >= 4 is 63.1 Å². The summed E-state index contributed by atoms with van der Waals surface area (Å²) in [6, 6.07) is 1.11. The predicted molar refractivity (Wildman–Crippen MR) is 195 cm³/mol. The van der Waals surface area contributed by atoms with Gasteiger partial charge in [-0.05, 0) is 89.0 Å². The molecule has 0 radical (unpaired) electrons. The van der Waals surface area contributed by atoms with Gasteiger partial charge >= 0.3 is 12.2 Å². The average Bonchev–Trinajstić information content (AvgIpc) is 4.01. The van der Waals surface area contributed by atoms with Gasteiger partial charge in [-0.25, -0.2) is 18.0 Å². The summed E-state index contributed by atoms with van der Waals surface area (Å²) in [7, 11) is -3.91. The molecule has 2 saturated carbocycles. The molecule has 3 aliphatic heterocycles. The molecule has 2 aliphatic carbocycles. The molecule has 1 aromatic carbocycles. The quantitative estimate of drug-likeness (QED) is 0.365. The second-order valence-electron chi connectivity index (χ2n) is 15.6. The fraction of sp³-hybridized carbons (Fsp3) is 0.639. The normalized spacial score (nSPS) is 27.9.